The number of hydrogen-bond acceptors (Lipinski definition) is 6. The van der Waals surface area contributed by atoms with Crippen LogP contribution in [0.2, 0.25) is 0 Å². The number of ether oxygens (including phenoxy) is 2. The molecule has 2 amide bonds. The molecule has 1 fully saturated rings. The van der Waals surface area contributed by atoms with Crippen LogP contribution in [-0.4, -0.2) is 65.2 Å². The lowest BCUT2D eigenvalue weighted by Crippen LogP contribution is -2.38. The summed E-state index contributed by atoms with van der Waals surface area (Å²) in [6.45, 7) is 0.853. The van der Waals surface area contributed by atoms with E-state index in [-0.39, 0.29) is 17.3 Å². The number of carbonyl (C=O) groups excluding carboxylic acids is 2. The maximum absolute atomic E-state index is 13.1. The SMILES string of the molecule is COc1ccc(OC)c(N(CC(=O)Nc2ccccc2C(=O)N2CCCCCC2)S(C)(=O)=O)c1. The third-order valence-electron chi connectivity index (χ3n) is 5.67. The molecule has 2 aromatic carbocycles. The van der Waals surface area contributed by atoms with E-state index in [4.69, 9.17) is 9.47 Å². The molecule has 0 unspecified atom stereocenters. The van der Waals surface area contributed by atoms with Gasteiger partial charge in [0.05, 0.1) is 37.4 Å². The van der Waals surface area contributed by atoms with E-state index in [0.29, 0.717) is 30.1 Å². The van der Waals surface area contributed by atoms with Crippen LogP contribution in [0.5, 0.6) is 11.5 Å². The van der Waals surface area contributed by atoms with Gasteiger partial charge in [-0.25, -0.2) is 8.42 Å². The molecule has 0 saturated carbocycles. The van der Waals surface area contributed by atoms with Crippen molar-refractivity contribution in [2.75, 3.05) is 49.7 Å². The van der Waals surface area contributed by atoms with Crippen LogP contribution in [0.25, 0.3) is 0 Å². The zero-order valence-electron chi connectivity index (χ0n) is 19.7. The van der Waals surface area contributed by atoms with E-state index in [1.165, 1.54) is 20.3 Å². The number of amides is 2. The van der Waals surface area contributed by atoms with Gasteiger partial charge in [-0.15, -0.1) is 0 Å². The number of hydrogen-bond donors (Lipinski definition) is 1. The van der Waals surface area contributed by atoms with E-state index in [0.717, 1.165) is 36.2 Å². The molecule has 0 bridgehead atoms. The van der Waals surface area contributed by atoms with Crippen LogP contribution in [0.15, 0.2) is 42.5 Å². The van der Waals surface area contributed by atoms with Crippen molar-refractivity contribution >= 4 is 33.2 Å². The second-order valence-corrected chi connectivity index (χ2v) is 10.0. The largest absolute Gasteiger partial charge is 0.497 e. The van der Waals surface area contributed by atoms with Gasteiger partial charge in [-0.1, -0.05) is 25.0 Å². The standard InChI is InChI=1S/C24H31N3O6S/c1-32-18-12-13-22(33-2)21(16-18)27(34(3,30)31)17-23(28)25-20-11-7-6-10-19(20)24(29)26-14-8-4-5-9-15-26/h6-7,10-13,16H,4-5,8-9,14-15,17H2,1-3H3,(H,25,28). The number of likely N-dealkylation sites (tertiary alicyclic amines) is 1. The average Bonchev–Trinajstić information content (AvgIpc) is 3.11. The van der Waals surface area contributed by atoms with Gasteiger partial charge in [0, 0.05) is 19.2 Å². The number of benzene rings is 2. The van der Waals surface area contributed by atoms with E-state index in [1.54, 1.807) is 36.4 Å². The molecule has 2 aromatic rings. The summed E-state index contributed by atoms with van der Waals surface area (Å²) >= 11 is 0. The summed E-state index contributed by atoms with van der Waals surface area (Å²) in [6.07, 6.45) is 5.10. The first-order chi connectivity index (χ1) is 16.2. The smallest absolute Gasteiger partial charge is 0.255 e. The first-order valence-corrected chi connectivity index (χ1v) is 13.0. The Morgan fingerprint density at radius 1 is 1.00 bits per heavy atom. The number of anilines is 2. The molecular formula is C24H31N3O6S. The first kappa shape index (κ1) is 25.4. The van der Waals surface area contributed by atoms with Crippen LogP contribution in [0.3, 0.4) is 0 Å². The lowest BCUT2D eigenvalue weighted by molar-refractivity contribution is -0.114. The van der Waals surface area contributed by atoms with Crippen LogP contribution in [0, 0.1) is 0 Å². The van der Waals surface area contributed by atoms with Crippen molar-refractivity contribution in [3.63, 3.8) is 0 Å². The summed E-state index contributed by atoms with van der Waals surface area (Å²) in [5, 5.41) is 2.72. The number of nitrogens with one attached hydrogen (secondary N) is 1. The summed E-state index contributed by atoms with van der Waals surface area (Å²) in [4.78, 5) is 27.9. The Balaban J connectivity index is 1.85. The van der Waals surface area contributed by atoms with Crippen LogP contribution < -0.4 is 19.1 Å². The second kappa shape index (κ2) is 11.2. The lowest BCUT2D eigenvalue weighted by Gasteiger charge is -2.25. The Bertz CT molecular complexity index is 1130. The van der Waals surface area contributed by atoms with Crippen LogP contribution >= 0.6 is 0 Å². The number of para-hydroxylation sites is 1. The van der Waals surface area contributed by atoms with Gasteiger partial charge in [0.25, 0.3) is 5.91 Å². The number of nitrogens with zero attached hydrogens (tertiary/aromatic N) is 2. The predicted octanol–water partition coefficient (Wildman–Crippen LogP) is 3.12. The van der Waals surface area contributed by atoms with Gasteiger partial charge in [0.2, 0.25) is 15.9 Å². The molecule has 184 valence electrons. The maximum atomic E-state index is 13.1. The molecule has 0 atom stereocenters. The molecule has 0 aromatic heterocycles. The predicted molar refractivity (Wildman–Crippen MR) is 131 cm³/mol. The lowest BCUT2D eigenvalue weighted by atomic mass is 10.1. The zero-order chi connectivity index (χ0) is 24.7. The quantitative estimate of drug-likeness (QED) is 0.611. The highest BCUT2D eigenvalue weighted by atomic mass is 32.2. The summed E-state index contributed by atoms with van der Waals surface area (Å²) in [5.74, 6) is -0.0485. The minimum Gasteiger partial charge on any atom is -0.497 e. The average molecular weight is 490 g/mol. The number of rotatable bonds is 8. The van der Waals surface area contributed by atoms with Gasteiger partial charge >= 0.3 is 0 Å². The number of sulfonamides is 1. The van der Waals surface area contributed by atoms with Gasteiger partial charge in [0.15, 0.2) is 0 Å². The minimum absolute atomic E-state index is 0.146. The van der Waals surface area contributed by atoms with E-state index >= 15 is 0 Å². The summed E-state index contributed by atoms with van der Waals surface area (Å²) in [7, 11) is -0.976. The van der Waals surface area contributed by atoms with E-state index < -0.39 is 22.5 Å². The number of methoxy groups -OCH3 is 2. The third-order valence-corrected chi connectivity index (χ3v) is 6.79. The molecule has 3 rings (SSSR count). The molecule has 1 heterocycles. The van der Waals surface area contributed by atoms with E-state index in [1.807, 2.05) is 4.90 Å². The molecule has 10 heteroatoms. The Labute approximate surface area is 200 Å². The fraction of sp³-hybridized carbons (Fsp3) is 0.417. The Hall–Kier alpha value is -3.27. The molecule has 0 aliphatic carbocycles. The fourth-order valence-corrected chi connectivity index (χ4v) is 4.77. The van der Waals surface area contributed by atoms with Gasteiger partial charge in [-0.05, 0) is 37.1 Å². The van der Waals surface area contributed by atoms with E-state index in [9.17, 15) is 18.0 Å². The molecule has 1 aliphatic heterocycles. The zero-order valence-corrected chi connectivity index (χ0v) is 20.6. The number of carbonyl (C=O) groups is 2. The van der Waals surface area contributed by atoms with Gasteiger partial charge in [-0.3, -0.25) is 13.9 Å². The molecule has 0 spiro atoms. The van der Waals surface area contributed by atoms with Crippen molar-refractivity contribution in [2.45, 2.75) is 25.7 Å². The minimum atomic E-state index is -3.85. The normalized spacial score (nSPS) is 14.1. The Morgan fingerprint density at radius 3 is 2.29 bits per heavy atom. The van der Waals surface area contributed by atoms with Gasteiger partial charge < -0.3 is 19.7 Å². The Morgan fingerprint density at radius 2 is 1.68 bits per heavy atom. The van der Waals surface area contributed by atoms with Crippen molar-refractivity contribution in [1.82, 2.24) is 4.90 Å². The van der Waals surface area contributed by atoms with Crippen molar-refractivity contribution in [2.24, 2.45) is 0 Å². The fourth-order valence-electron chi connectivity index (χ4n) is 3.92. The monoisotopic (exact) mass is 489 g/mol. The maximum Gasteiger partial charge on any atom is 0.255 e. The van der Waals surface area contributed by atoms with Gasteiger partial charge in [-0.2, -0.15) is 0 Å². The summed E-state index contributed by atoms with van der Waals surface area (Å²) in [5.41, 5.74) is 0.892. The first-order valence-electron chi connectivity index (χ1n) is 11.1. The highest BCUT2D eigenvalue weighted by Gasteiger charge is 2.26. The molecular weight excluding hydrogens is 458 g/mol. The van der Waals surface area contributed by atoms with Crippen molar-refractivity contribution in [3.8, 4) is 11.5 Å². The topological polar surface area (TPSA) is 105 Å². The molecule has 1 saturated heterocycles. The third kappa shape index (κ3) is 6.19. The summed E-state index contributed by atoms with van der Waals surface area (Å²) < 4.78 is 36.6. The molecule has 1 N–H and O–H groups in total. The van der Waals surface area contributed by atoms with Crippen LogP contribution in [-0.2, 0) is 14.8 Å². The summed E-state index contributed by atoms with van der Waals surface area (Å²) in [6, 6.07) is 11.5. The molecule has 1 aliphatic rings. The van der Waals surface area contributed by atoms with Crippen molar-refractivity contribution in [1.29, 1.82) is 0 Å². The van der Waals surface area contributed by atoms with Crippen LogP contribution in [0.4, 0.5) is 11.4 Å². The van der Waals surface area contributed by atoms with Crippen molar-refractivity contribution < 1.29 is 27.5 Å². The molecule has 34 heavy (non-hydrogen) atoms. The highest BCUT2D eigenvalue weighted by Crippen LogP contribution is 2.33. The van der Waals surface area contributed by atoms with Crippen LogP contribution in [0.1, 0.15) is 36.0 Å². The molecule has 9 nitrogen and oxygen atoms in total. The van der Waals surface area contributed by atoms with Crippen molar-refractivity contribution in [3.05, 3.63) is 48.0 Å². The Kier molecular flexibility index (Phi) is 8.38. The molecule has 0 radical (unpaired) electrons. The second-order valence-electron chi connectivity index (χ2n) is 8.11. The highest BCUT2D eigenvalue weighted by molar-refractivity contribution is 7.92. The van der Waals surface area contributed by atoms with E-state index in [2.05, 4.69) is 5.32 Å². The van der Waals surface area contributed by atoms with Gasteiger partial charge in [0.1, 0.15) is 18.0 Å².